The van der Waals surface area contributed by atoms with Gasteiger partial charge in [0.1, 0.15) is 5.82 Å². The lowest BCUT2D eigenvalue weighted by Gasteiger charge is -2.37. The molecular weight excluding hydrogens is 377 g/mol. The van der Waals surface area contributed by atoms with E-state index >= 15 is 0 Å². The predicted octanol–water partition coefficient (Wildman–Crippen LogP) is 3.34. The van der Waals surface area contributed by atoms with Gasteiger partial charge < -0.3 is 5.32 Å². The first-order valence-electron chi connectivity index (χ1n) is 9.74. The Morgan fingerprint density at radius 3 is 2.29 bits per heavy atom. The van der Waals surface area contributed by atoms with Crippen molar-refractivity contribution in [2.75, 3.05) is 32.7 Å². The molecule has 6 heteroatoms. The summed E-state index contributed by atoms with van der Waals surface area (Å²) in [6.07, 6.45) is 0.702. The standard InChI is InChI=1S/C22H27ClFN3O/c1-17(22(28)25-11-10-18-4-8-21(24)9-5-18)27-14-12-26(13-15-27)16-19-2-6-20(23)7-3-19/h2-9,17H,10-16H2,1H3,(H,25,28)/t17-/m1/s1. The van der Waals surface area contributed by atoms with E-state index in [9.17, 15) is 9.18 Å². The first kappa shape index (κ1) is 20.8. The summed E-state index contributed by atoms with van der Waals surface area (Å²) in [5.74, 6) is -0.190. The maximum atomic E-state index is 12.9. The van der Waals surface area contributed by atoms with Crippen molar-refractivity contribution in [2.45, 2.75) is 25.9 Å². The second kappa shape index (κ2) is 10.0. The van der Waals surface area contributed by atoms with E-state index < -0.39 is 0 Å². The Labute approximate surface area is 171 Å². The highest BCUT2D eigenvalue weighted by molar-refractivity contribution is 6.30. The molecule has 3 rings (SSSR count). The second-order valence-electron chi connectivity index (χ2n) is 7.28. The lowest BCUT2D eigenvalue weighted by atomic mass is 10.1. The highest BCUT2D eigenvalue weighted by Gasteiger charge is 2.25. The first-order valence-corrected chi connectivity index (χ1v) is 10.1. The SMILES string of the molecule is C[C@H](C(=O)NCCc1ccc(F)cc1)N1CCN(Cc2ccc(Cl)cc2)CC1. The minimum absolute atomic E-state index is 0.0493. The van der Waals surface area contributed by atoms with Crippen LogP contribution in [0.1, 0.15) is 18.1 Å². The molecule has 1 aliphatic rings. The van der Waals surface area contributed by atoms with Crippen LogP contribution in [0.15, 0.2) is 48.5 Å². The van der Waals surface area contributed by atoms with Crippen LogP contribution in [0.4, 0.5) is 4.39 Å². The summed E-state index contributed by atoms with van der Waals surface area (Å²) in [6.45, 7) is 7.06. The molecule has 1 heterocycles. The molecule has 1 saturated heterocycles. The van der Waals surface area contributed by atoms with Crippen LogP contribution in [0.25, 0.3) is 0 Å². The third-order valence-corrected chi connectivity index (χ3v) is 5.53. The maximum absolute atomic E-state index is 12.9. The zero-order valence-corrected chi connectivity index (χ0v) is 17.0. The molecule has 0 aromatic heterocycles. The van der Waals surface area contributed by atoms with E-state index in [1.54, 1.807) is 12.1 Å². The molecule has 28 heavy (non-hydrogen) atoms. The number of amides is 1. The van der Waals surface area contributed by atoms with E-state index in [4.69, 9.17) is 11.6 Å². The van der Waals surface area contributed by atoms with Crippen LogP contribution in [0.3, 0.4) is 0 Å². The summed E-state index contributed by atoms with van der Waals surface area (Å²) in [4.78, 5) is 17.1. The average molecular weight is 404 g/mol. The van der Waals surface area contributed by atoms with Gasteiger partial charge in [-0.25, -0.2) is 4.39 Å². The zero-order valence-electron chi connectivity index (χ0n) is 16.2. The molecule has 0 spiro atoms. The lowest BCUT2D eigenvalue weighted by molar-refractivity contribution is -0.126. The second-order valence-corrected chi connectivity index (χ2v) is 7.72. The van der Waals surface area contributed by atoms with Crippen molar-refractivity contribution in [3.8, 4) is 0 Å². The molecule has 0 saturated carbocycles. The van der Waals surface area contributed by atoms with Gasteiger partial charge in [-0.1, -0.05) is 35.9 Å². The third-order valence-electron chi connectivity index (χ3n) is 5.28. The van der Waals surface area contributed by atoms with Crippen molar-refractivity contribution < 1.29 is 9.18 Å². The number of carbonyl (C=O) groups excluding carboxylic acids is 1. The fourth-order valence-electron chi connectivity index (χ4n) is 3.45. The van der Waals surface area contributed by atoms with Crippen LogP contribution >= 0.6 is 11.6 Å². The number of piperazine rings is 1. The van der Waals surface area contributed by atoms with Gasteiger partial charge in [-0.2, -0.15) is 0 Å². The lowest BCUT2D eigenvalue weighted by Crippen LogP contribution is -2.53. The summed E-state index contributed by atoms with van der Waals surface area (Å²) in [6, 6.07) is 14.2. The molecule has 1 aliphatic heterocycles. The largest absolute Gasteiger partial charge is 0.354 e. The van der Waals surface area contributed by atoms with Gasteiger partial charge in [0.15, 0.2) is 0 Å². The maximum Gasteiger partial charge on any atom is 0.237 e. The van der Waals surface area contributed by atoms with Crippen molar-refractivity contribution in [1.82, 2.24) is 15.1 Å². The molecule has 4 nitrogen and oxygen atoms in total. The third kappa shape index (κ3) is 6.03. The minimum atomic E-state index is -0.239. The van der Waals surface area contributed by atoms with Crippen molar-refractivity contribution >= 4 is 17.5 Å². The van der Waals surface area contributed by atoms with Gasteiger partial charge in [-0.15, -0.1) is 0 Å². The minimum Gasteiger partial charge on any atom is -0.354 e. The smallest absolute Gasteiger partial charge is 0.237 e. The quantitative estimate of drug-likeness (QED) is 0.770. The highest BCUT2D eigenvalue weighted by Crippen LogP contribution is 2.14. The number of halogens is 2. The van der Waals surface area contributed by atoms with Crippen LogP contribution in [-0.2, 0) is 17.8 Å². The molecule has 0 radical (unpaired) electrons. The van der Waals surface area contributed by atoms with Gasteiger partial charge >= 0.3 is 0 Å². The summed E-state index contributed by atoms with van der Waals surface area (Å²) < 4.78 is 12.9. The molecule has 150 valence electrons. The number of carbonyl (C=O) groups is 1. The van der Waals surface area contributed by atoms with Gasteiger partial charge in [0.25, 0.3) is 0 Å². The van der Waals surface area contributed by atoms with Crippen molar-refractivity contribution in [3.05, 3.63) is 70.5 Å². The Bertz CT molecular complexity index is 758. The molecule has 0 unspecified atom stereocenters. The molecule has 1 amide bonds. The molecule has 2 aromatic rings. The summed E-state index contributed by atoms with van der Waals surface area (Å²) in [5.41, 5.74) is 2.27. The van der Waals surface area contributed by atoms with Crippen molar-refractivity contribution in [1.29, 1.82) is 0 Å². The van der Waals surface area contributed by atoms with Crippen LogP contribution in [0.2, 0.25) is 5.02 Å². The van der Waals surface area contributed by atoms with Crippen LogP contribution < -0.4 is 5.32 Å². The number of nitrogens with one attached hydrogen (secondary N) is 1. The molecular formula is C22H27ClFN3O. The van der Waals surface area contributed by atoms with E-state index in [2.05, 4.69) is 27.2 Å². The number of hydrogen-bond donors (Lipinski definition) is 1. The van der Waals surface area contributed by atoms with Crippen LogP contribution in [0, 0.1) is 5.82 Å². The number of benzene rings is 2. The fourth-order valence-corrected chi connectivity index (χ4v) is 3.58. The predicted molar refractivity (Wildman–Crippen MR) is 111 cm³/mol. The molecule has 1 N–H and O–H groups in total. The Morgan fingerprint density at radius 1 is 1.04 bits per heavy atom. The van der Waals surface area contributed by atoms with Gasteiger partial charge in [0, 0.05) is 44.3 Å². The summed E-state index contributed by atoms with van der Waals surface area (Å²) in [5, 5.41) is 3.76. The average Bonchev–Trinajstić information content (AvgIpc) is 2.71. The van der Waals surface area contributed by atoms with Gasteiger partial charge in [-0.05, 0) is 48.7 Å². The first-order chi connectivity index (χ1) is 13.5. The van der Waals surface area contributed by atoms with Crippen molar-refractivity contribution in [2.24, 2.45) is 0 Å². The Balaban J connectivity index is 1.38. The number of rotatable bonds is 7. The Kier molecular flexibility index (Phi) is 7.43. The molecule has 0 aliphatic carbocycles. The zero-order chi connectivity index (χ0) is 19.9. The van der Waals surface area contributed by atoms with E-state index in [1.165, 1.54) is 17.7 Å². The number of hydrogen-bond acceptors (Lipinski definition) is 3. The normalized spacial score (nSPS) is 16.7. The van der Waals surface area contributed by atoms with Gasteiger partial charge in [0.2, 0.25) is 5.91 Å². The van der Waals surface area contributed by atoms with Gasteiger partial charge in [0.05, 0.1) is 6.04 Å². The Hall–Kier alpha value is -1.95. The molecule has 0 bridgehead atoms. The fraction of sp³-hybridized carbons (Fsp3) is 0.409. The molecule has 2 aromatic carbocycles. The van der Waals surface area contributed by atoms with E-state index in [0.29, 0.717) is 13.0 Å². The number of nitrogens with zero attached hydrogens (tertiary/aromatic N) is 2. The molecule has 1 atom stereocenters. The summed E-state index contributed by atoms with van der Waals surface area (Å²) in [7, 11) is 0. The summed E-state index contributed by atoms with van der Waals surface area (Å²) >= 11 is 5.94. The monoisotopic (exact) mass is 403 g/mol. The van der Waals surface area contributed by atoms with Gasteiger partial charge in [-0.3, -0.25) is 14.6 Å². The van der Waals surface area contributed by atoms with Crippen LogP contribution in [-0.4, -0.2) is 54.5 Å². The van der Waals surface area contributed by atoms with Crippen LogP contribution in [0.5, 0.6) is 0 Å². The Morgan fingerprint density at radius 2 is 1.64 bits per heavy atom. The topological polar surface area (TPSA) is 35.6 Å². The van der Waals surface area contributed by atoms with E-state index in [0.717, 1.165) is 43.3 Å². The van der Waals surface area contributed by atoms with Crippen molar-refractivity contribution in [3.63, 3.8) is 0 Å². The highest BCUT2D eigenvalue weighted by atomic mass is 35.5. The molecule has 1 fully saturated rings. The van der Waals surface area contributed by atoms with E-state index in [-0.39, 0.29) is 17.8 Å². The van der Waals surface area contributed by atoms with E-state index in [1.807, 2.05) is 19.1 Å².